The lowest BCUT2D eigenvalue weighted by Crippen LogP contribution is -2.48. The van der Waals surface area contributed by atoms with Gasteiger partial charge in [0.15, 0.2) is 5.82 Å². The van der Waals surface area contributed by atoms with E-state index in [1.54, 1.807) is 13.3 Å². The number of fused-ring (bicyclic) bond motifs is 1. The van der Waals surface area contributed by atoms with Crippen molar-refractivity contribution in [2.75, 3.05) is 44.8 Å². The van der Waals surface area contributed by atoms with Crippen LogP contribution < -0.4 is 9.64 Å². The van der Waals surface area contributed by atoms with Gasteiger partial charge in [-0.1, -0.05) is 29.8 Å². The van der Waals surface area contributed by atoms with Crippen LogP contribution in [0.5, 0.6) is 5.75 Å². The fourth-order valence-electron chi connectivity index (χ4n) is 3.96. The van der Waals surface area contributed by atoms with Gasteiger partial charge in [-0.05, 0) is 30.7 Å². The van der Waals surface area contributed by atoms with E-state index >= 15 is 0 Å². The molecule has 0 saturated carbocycles. The van der Waals surface area contributed by atoms with E-state index in [0.717, 1.165) is 48.5 Å². The molecule has 0 spiro atoms. The van der Waals surface area contributed by atoms with Gasteiger partial charge in [0.2, 0.25) is 0 Å². The number of aliphatic hydroxyl groups excluding tert-OH is 1. The van der Waals surface area contributed by atoms with E-state index in [1.807, 2.05) is 18.2 Å². The molecule has 6 heteroatoms. The van der Waals surface area contributed by atoms with Crippen molar-refractivity contribution in [3.05, 3.63) is 59.8 Å². The van der Waals surface area contributed by atoms with Gasteiger partial charge in [-0.2, -0.15) is 5.10 Å². The van der Waals surface area contributed by atoms with Crippen LogP contribution in [-0.4, -0.2) is 60.1 Å². The molecule has 0 radical (unpaired) electrons. The fourth-order valence-corrected chi connectivity index (χ4v) is 3.96. The van der Waals surface area contributed by atoms with Crippen molar-refractivity contribution in [3.63, 3.8) is 0 Å². The van der Waals surface area contributed by atoms with Crippen LogP contribution in [0.1, 0.15) is 17.2 Å². The molecule has 1 aliphatic rings. The first-order chi connectivity index (χ1) is 13.7. The molecule has 2 heterocycles. The highest BCUT2D eigenvalue weighted by Crippen LogP contribution is 2.29. The average Bonchev–Trinajstić information content (AvgIpc) is 2.74. The smallest absolute Gasteiger partial charge is 0.159 e. The van der Waals surface area contributed by atoms with E-state index in [9.17, 15) is 5.11 Å². The number of hydrogen-bond acceptors (Lipinski definition) is 6. The van der Waals surface area contributed by atoms with Gasteiger partial charge in [-0.3, -0.25) is 4.90 Å². The van der Waals surface area contributed by atoms with Gasteiger partial charge in [-0.15, -0.1) is 5.10 Å². The molecular formula is C22H26N4O2. The lowest BCUT2D eigenvalue weighted by atomic mass is 10.0. The number of rotatable bonds is 5. The van der Waals surface area contributed by atoms with Gasteiger partial charge in [0.1, 0.15) is 5.75 Å². The maximum atomic E-state index is 10.0. The number of methoxy groups -OCH3 is 1. The topological polar surface area (TPSA) is 61.7 Å². The minimum atomic E-state index is 0.0285. The fraction of sp³-hybridized carbons (Fsp3) is 0.364. The van der Waals surface area contributed by atoms with Crippen molar-refractivity contribution in [3.8, 4) is 5.75 Å². The number of nitrogens with zero attached hydrogens (tertiary/aromatic N) is 4. The van der Waals surface area contributed by atoms with E-state index in [1.165, 1.54) is 11.1 Å². The molecule has 4 rings (SSSR count). The molecule has 28 heavy (non-hydrogen) atoms. The van der Waals surface area contributed by atoms with Crippen molar-refractivity contribution in [1.29, 1.82) is 0 Å². The summed E-state index contributed by atoms with van der Waals surface area (Å²) < 4.78 is 5.38. The maximum Gasteiger partial charge on any atom is 0.159 e. The highest BCUT2D eigenvalue weighted by Gasteiger charge is 2.26. The first-order valence-electron chi connectivity index (χ1n) is 9.65. The molecule has 3 aromatic rings. The Morgan fingerprint density at radius 1 is 1.11 bits per heavy atom. The van der Waals surface area contributed by atoms with Crippen LogP contribution >= 0.6 is 0 Å². The Hall–Kier alpha value is -2.70. The van der Waals surface area contributed by atoms with Crippen LogP contribution in [0.4, 0.5) is 5.82 Å². The number of piperazine rings is 1. The predicted molar refractivity (Wildman–Crippen MR) is 111 cm³/mol. The number of aryl methyl sites for hydroxylation is 1. The first kappa shape index (κ1) is 18.7. The SMILES string of the molecule is COc1ccc2cnnc(N3CCN(C(CO)c4cccc(C)c4)CC3)c2c1. The van der Waals surface area contributed by atoms with Gasteiger partial charge in [-0.25, -0.2) is 0 Å². The second kappa shape index (κ2) is 8.12. The van der Waals surface area contributed by atoms with Crippen LogP contribution in [0.3, 0.4) is 0 Å². The molecule has 6 nitrogen and oxygen atoms in total. The number of ether oxygens (including phenoxy) is 1. The summed E-state index contributed by atoms with van der Waals surface area (Å²) in [5.74, 6) is 1.72. The summed E-state index contributed by atoms with van der Waals surface area (Å²) in [7, 11) is 1.68. The lowest BCUT2D eigenvalue weighted by molar-refractivity contribution is 0.117. The van der Waals surface area contributed by atoms with Gasteiger partial charge in [0, 0.05) is 37.0 Å². The van der Waals surface area contributed by atoms with Crippen molar-refractivity contribution in [2.24, 2.45) is 0 Å². The Morgan fingerprint density at radius 3 is 2.64 bits per heavy atom. The summed E-state index contributed by atoms with van der Waals surface area (Å²) in [6.45, 7) is 5.61. The van der Waals surface area contributed by atoms with Crippen LogP contribution in [0.25, 0.3) is 10.8 Å². The molecule has 0 bridgehead atoms. The van der Waals surface area contributed by atoms with Crippen LogP contribution in [0, 0.1) is 6.92 Å². The number of aromatic nitrogens is 2. The number of hydrogen-bond donors (Lipinski definition) is 1. The third-order valence-corrected chi connectivity index (χ3v) is 5.51. The standard InChI is InChI=1S/C22H26N4O2/c1-16-4-3-5-17(12-16)21(15-27)25-8-10-26(11-9-25)22-20-13-19(28-2)7-6-18(20)14-23-24-22/h3-7,12-14,21,27H,8-11,15H2,1-2H3. The summed E-state index contributed by atoms with van der Waals surface area (Å²) in [6.07, 6.45) is 1.79. The Balaban J connectivity index is 1.53. The molecule has 1 saturated heterocycles. The van der Waals surface area contributed by atoms with Crippen LogP contribution in [0.15, 0.2) is 48.7 Å². The van der Waals surface area contributed by atoms with E-state index < -0.39 is 0 Å². The summed E-state index contributed by atoms with van der Waals surface area (Å²) >= 11 is 0. The maximum absolute atomic E-state index is 10.0. The second-order valence-electron chi connectivity index (χ2n) is 7.26. The zero-order valence-corrected chi connectivity index (χ0v) is 16.4. The first-order valence-corrected chi connectivity index (χ1v) is 9.65. The zero-order chi connectivity index (χ0) is 19.5. The summed E-state index contributed by atoms with van der Waals surface area (Å²) in [5, 5.41) is 20.7. The molecule has 1 N–H and O–H groups in total. The third-order valence-electron chi connectivity index (χ3n) is 5.51. The predicted octanol–water partition coefficient (Wildman–Crippen LogP) is 2.80. The minimum Gasteiger partial charge on any atom is -0.497 e. The van der Waals surface area contributed by atoms with E-state index in [4.69, 9.17) is 4.74 Å². The van der Waals surface area contributed by atoms with E-state index in [0.29, 0.717) is 0 Å². The van der Waals surface area contributed by atoms with Gasteiger partial charge in [0.25, 0.3) is 0 Å². The number of aliphatic hydroxyl groups is 1. The molecule has 1 aromatic heterocycles. The summed E-state index contributed by atoms with van der Waals surface area (Å²) in [4.78, 5) is 4.63. The lowest BCUT2D eigenvalue weighted by Gasteiger charge is -2.39. The molecule has 0 aliphatic carbocycles. The van der Waals surface area contributed by atoms with Crippen LogP contribution in [-0.2, 0) is 0 Å². The Labute approximate surface area is 165 Å². The second-order valence-corrected chi connectivity index (χ2v) is 7.26. The summed E-state index contributed by atoms with van der Waals surface area (Å²) in [6, 6.07) is 14.4. The molecule has 1 aliphatic heterocycles. The molecule has 146 valence electrons. The van der Waals surface area contributed by atoms with Crippen molar-refractivity contribution < 1.29 is 9.84 Å². The van der Waals surface area contributed by atoms with Crippen molar-refractivity contribution in [2.45, 2.75) is 13.0 Å². The van der Waals surface area contributed by atoms with Gasteiger partial charge < -0.3 is 14.7 Å². The Kier molecular flexibility index (Phi) is 5.41. The summed E-state index contributed by atoms with van der Waals surface area (Å²) in [5.41, 5.74) is 2.39. The Bertz CT molecular complexity index is 954. The molecule has 1 unspecified atom stereocenters. The molecule has 2 aromatic carbocycles. The highest BCUT2D eigenvalue weighted by molar-refractivity contribution is 5.92. The molecular weight excluding hydrogens is 352 g/mol. The number of benzene rings is 2. The molecule has 1 fully saturated rings. The van der Waals surface area contributed by atoms with Crippen molar-refractivity contribution in [1.82, 2.24) is 15.1 Å². The van der Waals surface area contributed by atoms with Crippen molar-refractivity contribution >= 4 is 16.6 Å². The minimum absolute atomic E-state index is 0.0285. The third kappa shape index (κ3) is 3.66. The normalized spacial score (nSPS) is 16.3. The Morgan fingerprint density at radius 2 is 1.93 bits per heavy atom. The van der Waals surface area contributed by atoms with Crippen LogP contribution in [0.2, 0.25) is 0 Å². The quantitative estimate of drug-likeness (QED) is 0.737. The average molecular weight is 378 g/mol. The van der Waals surface area contributed by atoms with Gasteiger partial charge in [0.05, 0.1) is 26.0 Å². The molecule has 1 atom stereocenters. The van der Waals surface area contributed by atoms with E-state index in [-0.39, 0.29) is 12.6 Å². The number of anilines is 1. The molecule has 0 amide bonds. The largest absolute Gasteiger partial charge is 0.497 e. The van der Waals surface area contributed by atoms with E-state index in [2.05, 4.69) is 51.2 Å². The zero-order valence-electron chi connectivity index (χ0n) is 16.4. The monoisotopic (exact) mass is 378 g/mol. The van der Waals surface area contributed by atoms with Gasteiger partial charge >= 0.3 is 0 Å². The highest BCUT2D eigenvalue weighted by atomic mass is 16.5.